The topological polar surface area (TPSA) is 124 Å². The second-order valence-electron chi connectivity index (χ2n) is 6.84. The molecule has 0 spiro atoms. The van der Waals surface area contributed by atoms with Gasteiger partial charge in [-0.2, -0.15) is 5.10 Å². The molecule has 30 heavy (non-hydrogen) atoms. The Balaban J connectivity index is 1.59. The summed E-state index contributed by atoms with van der Waals surface area (Å²) in [5, 5.41) is 27.2. The third-order valence-corrected chi connectivity index (χ3v) is 5.01. The number of benzene rings is 3. The van der Waals surface area contributed by atoms with Crippen molar-refractivity contribution < 1.29 is 19.7 Å². The molecule has 8 nitrogen and oxygen atoms in total. The minimum absolute atomic E-state index is 0.136. The van der Waals surface area contributed by atoms with E-state index >= 15 is 0 Å². The number of fused-ring (bicyclic) bond motifs is 2. The Kier molecular flexibility index (Phi) is 3.92. The second kappa shape index (κ2) is 6.63. The number of carboxylic acid groups (broad SMARTS) is 1. The molecule has 0 amide bonds. The zero-order chi connectivity index (χ0) is 20.8. The van der Waals surface area contributed by atoms with E-state index in [1.165, 1.54) is 6.07 Å². The monoisotopic (exact) mass is 400 g/mol. The Morgan fingerprint density at radius 1 is 1.03 bits per heavy atom. The molecule has 0 bridgehead atoms. The molecule has 0 aliphatic carbocycles. The molecule has 2 heterocycles. The van der Waals surface area contributed by atoms with E-state index < -0.39 is 5.97 Å². The lowest BCUT2D eigenvalue weighted by Gasteiger charge is -2.09. The van der Waals surface area contributed by atoms with Crippen molar-refractivity contribution in [3.63, 3.8) is 0 Å². The van der Waals surface area contributed by atoms with Gasteiger partial charge in [-0.05, 0) is 48.0 Å². The van der Waals surface area contributed by atoms with E-state index in [2.05, 4.69) is 20.2 Å². The number of aromatic hydroxyl groups is 1. The lowest BCUT2D eigenvalue weighted by molar-refractivity contribution is 0.0697. The van der Waals surface area contributed by atoms with Crippen LogP contribution in [0.15, 0.2) is 54.6 Å². The fourth-order valence-electron chi connectivity index (χ4n) is 3.54. The third kappa shape index (κ3) is 2.82. The minimum atomic E-state index is -0.990. The number of carbonyl (C=O) groups is 1. The van der Waals surface area contributed by atoms with E-state index in [1.807, 2.05) is 18.2 Å². The van der Waals surface area contributed by atoms with Crippen molar-refractivity contribution in [2.24, 2.45) is 0 Å². The summed E-state index contributed by atoms with van der Waals surface area (Å²) < 4.78 is 5.38. The standard InChI is InChI=1S/C22H16N4O4/c1-30-19-10-13(27)4-6-14(19)11-2-5-15-17(8-11)25-26-20(15)21-23-16-7-3-12(22(28)29)9-18(16)24-21/h2-10,27H,1H3,(H,23,24)(H,25,26)(H,28,29). The summed E-state index contributed by atoms with van der Waals surface area (Å²) in [4.78, 5) is 18.9. The van der Waals surface area contributed by atoms with Crippen molar-refractivity contribution >= 4 is 27.9 Å². The lowest BCUT2D eigenvalue weighted by Crippen LogP contribution is -1.94. The number of H-pyrrole nitrogens is 2. The average molecular weight is 400 g/mol. The highest BCUT2D eigenvalue weighted by Crippen LogP contribution is 2.35. The molecule has 0 radical (unpaired) electrons. The van der Waals surface area contributed by atoms with Gasteiger partial charge in [-0.25, -0.2) is 9.78 Å². The number of imidazole rings is 1. The number of aromatic carboxylic acids is 1. The number of phenols is 1. The Morgan fingerprint density at radius 3 is 2.70 bits per heavy atom. The number of hydrogen-bond donors (Lipinski definition) is 4. The van der Waals surface area contributed by atoms with Gasteiger partial charge in [-0.1, -0.05) is 6.07 Å². The van der Waals surface area contributed by atoms with Crippen LogP contribution in [0.1, 0.15) is 10.4 Å². The molecular formula is C22H16N4O4. The number of carboxylic acids is 1. The molecule has 148 valence electrons. The number of aromatic amines is 2. The van der Waals surface area contributed by atoms with Gasteiger partial charge < -0.3 is 19.9 Å². The molecule has 5 rings (SSSR count). The number of methoxy groups -OCH3 is 1. The summed E-state index contributed by atoms with van der Waals surface area (Å²) in [6, 6.07) is 15.6. The molecule has 0 aliphatic rings. The van der Waals surface area contributed by atoms with Gasteiger partial charge in [0.15, 0.2) is 5.82 Å². The number of aromatic nitrogens is 4. The summed E-state index contributed by atoms with van der Waals surface area (Å²) in [5.74, 6) is 0.265. The van der Waals surface area contributed by atoms with Gasteiger partial charge in [-0.3, -0.25) is 5.10 Å². The first-order chi connectivity index (χ1) is 14.5. The van der Waals surface area contributed by atoms with Gasteiger partial charge in [0.25, 0.3) is 0 Å². The predicted octanol–water partition coefficient (Wildman–Crippen LogP) is 4.19. The molecule has 0 saturated carbocycles. The maximum Gasteiger partial charge on any atom is 0.335 e. The lowest BCUT2D eigenvalue weighted by atomic mass is 10.0. The third-order valence-electron chi connectivity index (χ3n) is 5.01. The Bertz CT molecular complexity index is 1430. The maximum absolute atomic E-state index is 11.2. The normalized spacial score (nSPS) is 11.2. The van der Waals surface area contributed by atoms with Crippen molar-refractivity contribution in [2.45, 2.75) is 0 Å². The number of phenolic OH excluding ortho intramolecular Hbond substituents is 1. The quantitative estimate of drug-likeness (QED) is 0.359. The molecule has 0 aliphatic heterocycles. The van der Waals surface area contributed by atoms with E-state index in [1.54, 1.807) is 37.4 Å². The van der Waals surface area contributed by atoms with Crippen molar-refractivity contribution in [2.75, 3.05) is 7.11 Å². The molecule has 0 unspecified atom stereocenters. The van der Waals surface area contributed by atoms with Crippen LogP contribution >= 0.6 is 0 Å². The van der Waals surface area contributed by atoms with E-state index in [9.17, 15) is 15.0 Å². The fraction of sp³-hybridized carbons (Fsp3) is 0.0455. The highest BCUT2D eigenvalue weighted by atomic mass is 16.5. The summed E-state index contributed by atoms with van der Waals surface area (Å²) in [5.41, 5.74) is 4.69. The molecule has 4 N–H and O–H groups in total. The summed E-state index contributed by atoms with van der Waals surface area (Å²) in [6.45, 7) is 0. The van der Waals surface area contributed by atoms with Gasteiger partial charge >= 0.3 is 5.97 Å². The largest absolute Gasteiger partial charge is 0.508 e. The van der Waals surface area contributed by atoms with Crippen molar-refractivity contribution in [1.29, 1.82) is 0 Å². The van der Waals surface area contributed by atoms with E-state index in [0.29, 0.717) is 28.3 Å². The molecule has 0 atom stereocenters. The Morgan fingerprint density at radius 2 is 1.90 bits per heavy atom. The van der Waals surface area contributed by atoms with Crippen LogP contribution in [0.5, 0.6) is 11.5 Å². The molecule has 3 aromatic carbocycles. The summed E-state index contributed by atoms with van der Waals surface area (Å²) in [7, 11) is 1.56. The number of ether oxygens (including phenoxy) is 1. The van der Waals surface area contributed by atoms with E-state index in [4.69, 9.17) is 4.74 Å². The van der Waals surface area contributed by atoms with Crippen LogP contribution in [0.2, 0.25) is 0 Å². The molecular weight excluding hydrogens is 384 g/mol. The van der Waals surface area contributed by atoms with Gasteiger partial charge in [0.2, 0.25) is 0 Å². The number of nitrogens with one attached hydrogen (secondary N) is 2. The Hall–Kier alpha value is -4.33. The molecule has 0 fully saturated rings. The van der Waals surface area contributed by atoms with Crippen LogP contribution in [0.4, 0.5) is 0 Å². The zero-order valence-electron chi connectivity index (χ0n) is 15.8. The van der Waals surface area contributed by atoms with Crippen LogP contribution in [0.25, 0.3) is 44.6 Å². The SMILES string of the molecule is COc1cc(O)ccc1-c1ccc2c(-c3nc4ccc(C(=O)O)cc4[nH]3)n[nH]c2c1. The predicted molar refractivity (Wildman–Crippen MR) is 112 cm³/mol. The van der Waals surface area contributed by atoms with Crippen molar-refractivity contribution in [3.05, 3.63) is 60.2 Å². The summed E-state index contributed by atoms with van der Waals surface area (Å²) in [6.07, 6.45) is 0. The van der Waals surface area contributed by atoms with Gasteiger partial charge in [0.05, 0.1) is 29.2 Å². The molecule has 2 aromatic heterocycles. The van der Waals surface area contributed by atoms with Gasteiger partial charge in [0, 0.05) is 17.0 Å². The van der Waals surface area contributed by atoms with Crippen molar-refractivity contribution in [3.8, 4) is 34.1 Å². The van der Waals surface area contributed by atoms with Crippen LogP contribution in [0, 0.1) is 0 Å². The maximum atomic E-state index is 11.2. The first-order valence-corrected chi connectivity index (χ1v) is 9.12. The second-order valence-corrected chi connectivity index (χ2v) is 6.84. The first-order valence-electron chi connectivity index (χ1n) is 9.12. The van der Waals surface area contributed by atoms with Crippen LogP contribution in [-0.4, -0.2) is 43.5 Å². The van der Waals surface area contributed by atoms with E-state index in [0.717, 1.165) is 22.0 Å². The van der Waals surface area contributed by atoms with Crippen molar-refractivity contribution in [1.82, 2.24) is 20.2 Å². The zero-order valence-corrected chi connectivity index (χ0v) is 15.8. The number of rotatable bonds is 4. The highest BCUT2D eigenvalue weighted by molar-refractivity contribution is 5.97. The molecule has 0 saturated heterocycles. The van der Waals surface area contributed by atoms with Crippen LogP contribution in [0.3, 0.4) is 0 Å². The van der Waals surface area contributed by atoms with Gasteiger partial charge in [-0.15, -0.1) is 0 Å². The minimum Gasteiger partial charge on any atom is -0.508 e. The fourth-order valence-corrected chi connectivity index (χ4v) is 3.54. The first kappa shape index (κ1) is 17.7. The van der Waals surface area contributed by atoms with Crippen LogP contribution in [-0.2, 0) is 0 Å². The highest BCUT2D eigenvalue weighted by Gasteiger charge is 2.15. The smallest absolute Gasteiger partial charge is 0.335 e. The van der Waals surface area contributed by atoms with E-state index in [-0.39, 0.29) is 11.3 Å². The summed E-state index contributed by atoms with van der Waals surface area (Å²) >= 11 is 0. The average Bonchev–Trinajstić information content (AvgIpc) is 3.36. The number of nitrogens with zero attached hydrogens (tertiary/aromatic N) is 2. The molecule has 8 heteroatoms. The number of hydrogen-bond acceptors (Lipinski definition) is 5. The van der Waals surface area contributed by atoms with Gasteiger partial charge in [0.1, 0.15) is 17.2 Å². The van der Waals surface area contributed by atoms with Crippen LogP contribution < -0.4 is 4.74 Å². The Labute approximate surface area is 169 Å². The molecule has 5 aromatic rings.